The Hall–Kier alpha value is -10.2. The van der Waals surface area contributed by atoms with Crippen molar-refractivity contribution < 1.29 is 167 Å². The van der Waals surface area contributed by atoms with Gasteiger partial charge in [0.1, 0.15) is 28.1 Å². The average molecular weight is 1630 g/mol. The van der Waals surface area contributed by atoms with Gasteiger partial charge >= 0.3 is 138 Å². The number of halogens is 1. The van der Waals surface area contributed by atoms with E-state index in [1.54, 1.807) is 12.1 Å². The van der Waals surface area contributed by atoms with Gasteiger partial charge in [-0.2, -0.15) is 0 Å². The van der Waals surface area contributed by atoms with E-state index in [1.807, 2.05) is 188 Å². The Morgan fingerprint density at radius 3 is 1.20 bits per heavy atom. The van der Waals surface area contributed by atoms with Crippen LogP contribution in [0, 0.1) is 5.82 Å². The number of furan rings is 2. The molecule has 0 bridgehead atoms. The third-order valence-corrected chi connectivity index (χ3v) is 18.5. The molecule has 0 atom stereocenters. The van der Waals surface area contributed by atoms with Crippen LogP contribution in [0.15, 0.2) is 349 Å². The molecule has 0 fully saturated rings. The molecule has 20 rings (SSSR count). The van der Waals surface area contributed by atoms with E-state index in [2.05, 4.69) is 163 Å². The summed E-state index contributed by atoms with van der Waals surface area (Å²) in [7, 11) is 0. The van der Waals surface area contributed by atoms with E-state index < -0.39 is 0 Å². The maximum Gasteiger partial charge on any atom is 1.00 e. The maximum absolute atomic E-state index is 14.9. The normalized spacial score (nSPS) is 11.0. The van der Waals surface area contributed by atoms with Crippen molar-refractivity contribution in [2.75, 3.05) is 0 Å². The second kappa shape index (κ2) is 32.9. The van der Waals surface area contributed by atoms with Crippen LogP contribution >= 0.6 is 0 Å². The number of aromatic amines is 1. The van der Waals surface area contributed by atoms with Crippen LogP contribution in [-0.2, 0) is 9.68 Å². The van der Waals surface area contributed by atoms with Gasteiger partial charge in [-0.05, 0) is 95.1 Å². The predicted octanol–water partition coefficient (Wildman–Crippen LogP) is 16.0. The van der Waals surface area contributed by atoms with Gasteiger partial charge in [0.2, 0.25) is 0 Å². The molecular formula is C91H59Cs2FN8O5. The molecule has 1 N–H and O–H groups in total. The van der Waals surface area contributed by atoms with Gasteiger partial charge < -0.3 is 30.0 Å². The van der Waals surface area contributed by atoms with Crippen LogP contribution in [0.4, 0.5) is 4.39 Å². The van der Waals surface area contributed by atoms with Crippen molar-refractivity contribution in [2.24, 2.45) is 0 Å². The molecule has 0 unspecified atom stereocenters. The van der Waals surface area contributed by atoms with Crippen molar-refractivity contribution in [1.29, 1.82) is 0 Å². The first-order valence-electron chi connectivity index (χ1n) is 34.1. The summed E-state index contributed by atoms with van der Waals surface area (Å²) in [5.74, 6) is 2.80. The largest absolute Gasteiger partial charge is 1.00 e. The molecule has 16 heteroatoms. The molecule has 6 heterocycles. The predicted molar refractivity (Wildman–Crippen MR) is 416 cm³/mol. The van der Waals surface area contributed by atoms with Crippen molar-refractivity contribution in [1.82, 2.24) is 39.5 Å². The summed E-state index contributed by atoms with van der Waals surface area (Å²) in [5, 5.41) is 17.6. The van der Waals surface area contributed by atoms with Crippen LogP contribution in [-0.4, -0.2) is 45.9 Å². The zero-order chi connectivity index (χ0) is 70.6. The topological polar surface area (TPSA) is 174 Å². The number of H-pyrrole nitrogens is 1. The minimum atomic E-state index is -0.371. The van der Waals surface area contributed by atoms with Crippen molar-refractivity contribution in [3.63, 3.8) is 0 Å². The summed E-state index contributed by atoms with van der Waals surface area (Å²) in [6, 6.07) is 114. The number of aromatic nitrogens is 8. The molecule has 13 nitrogen and oxygen atoms in total. The van der Waals surface area contributed by atoms with E-state index in [0.717, 1.165) is 122 Å². The third kappa shape index (κ3) is 14.8. The fourth-order valence-electron chi connectivity index (χ4n) is 13.7. The second-order valence-electron chi connectivity index (χ2n) is 24.8. The van der Waals surface area contributed by atoms with Gasteiger partial charge in [0.25, 0.3) is 6.47 Å². The summed E-state index contributed by atoms with van der Waals surface area (Å²) in [4.78, 5) is 44.0. The SMILES string of the molecule is Fc1ccc(-c2ccccc2)cc1-c1nc(-c2ccccc2)nc(-c2ccccc2)n1.O=CO[O-].[Cs+].[Cs+].[H-].c1ccc(-c2ccc(-n3c4ccccc4c4c5oc6ccccc6c5ccc43)c(-c3nc(-c4ccccc4)nc(-c4ccccc4)n3)c2)cc1.c1ccc2c(c1)[nH]c1ccc3c4ccccc4oc3c12. The standard InChI is InChI=1S/C45H28N4O.C27H18FN3.C18H11NO.CH2O3.2Cs.H/c1-4-14-29(15-5-1)32-24-26-38(36(28-32)45-47-43(30-16-6-2-7-17-30)46-44(48-45)31-18-8-3-9-19-31)49-37-22-12-10-21-35(37)41-39(49)27-25-34-33-20-11-13-23-40(33)50-42(34)41;28-24-17-16-22(19-10-4-1-5-11-19)18-23(24)27-30-25(20-12-6-2-7-13-20)29-26(31-27)21-14-8-3-9-15-21;1-3-7-14-13(6-1)17-15(19-14)10-9-12-11-5-2-4-8-16(11)20-18(12)17;2-1-4-3;;;/h1-28H;1-18H;1-10,19H;1,3H;;;/q;;;;2*+1;-1/p-1. The fraction of sp³-hybridized carbons (Fsp3) is 0. The monoisotopic (exact) mass is 1630 g/mol. The zero-order valence-electron chi connectivity index (χ0n) is 59.0. The first kappa shape index (κ1) is 72.3. The van der Waals surface area contributed by atoms with Crippen LogP contribution in [0.3, 0.4) is 0 Å². The molecule has 0 aliphatic rings. The van der Waals surface area contributed by atoms with Crippen LogP contribution in [0.5, 0.6) is 0 Å². The summed E-state index contributed by atoms with van der Waals surface area (Å²) < 4.78 is 30.0. The number of rotatable bonds is 10. The Labute approximate surface area is 732 Å². The zero-order valence-corrected chi connectivity index (χ0v) is 70.5. The molecule has 107 heavy (non-hydrogen) atoms. The van der Waals surface area contributed by atoms with Crippen LogP contribution in [0.25, 0.3) is 184 Å². The Kier molecular flexibility index (Phi) is 22.2. The summed E-state index contributed by atoms with van der Waals surface area (Å²) in [6.07, 6.45) is 0. The summed E-state index contributed by atoms with van der Waals surface area (Å²) in [5.41, 5.74) is 18.0. The smallest absolute Gasteiger partial charge is 1.00 e. The van der Waals surface area contributed by atoms with E-state index in [9.17, 15) is 4.39 Å². The molecule has 0 saturated carbocycles. The minimum absolute atomic E-state index is 0. The maximum atomic E-state index is 14.9. The number of carbonyl (C=O) groups is 1. The van der Waals surface area contributed by atoms with Gasteiger partial charge in [-0.1, -0.05) is 267 Å². The first-order valence-corrected chi connectivity index (χ1v) is 34.1. The van der Waals surface area contributed by atoms with E-state index in [1.165, 1.54) is 27.6 Å². The molecule has 20 aromatic rings. The van der Waals surface area contributed by atoms with Gasteiger partial charge in [-0.15, -0.1) is 0 Å². The van der Waals surface area contributed by atoms with Crippen molar-refractivity contribution in [3.8, 4) is 96.3 Å². The van der Waals surface area contributed by atoms with Crippen LogP contribution in [0.1, 0.15) is 1.43 Å². The Balaban J connectivity index is 0.000000143. The van der Waals surface area contributed by atoms with E-state index >= 15 is 0 Å². The molecular weight excluding hydrogens is 1570 g/mol. The van der Waals surface area contributed by atoms with E-state index in [0.29, 0.717) is 40.5 Å². The van der Waals surface area contributed by atoms with Crippen molar-refractivity contribution in [3.05, 3.63) is 346 Å². The third-order valence-electron chi connectivity index (χ3n) is 18.5. The van der Waals surface area contributed by atoms with Gasteiger partial charge in [-0.25, -0.2) is 34.3 Å². The molecule has 0 saturated heterocycles. The Morgan fingerprint density at radius 1 is 0.336 bits per heavy atom. The fourth-order valence-corrected chi connectivity index (χ4v) is 13.7. The summed E-state index contributed by atoms with van der Waals surface area (Å²) >= 11 is 0. The van der Waals surface area contributed by atoms with Crippen LogP contribution in [0.2, 0.25) is 0 Å². The number of nitrogens with one attached hydrogen (secondary N) is 1. The van der Waals surface area contributed by atoms with Gasteiger partial charge in [-0.3, -0.25) is 4.79 Å². The molecule has 6 aromatic heterocycles. The molecule has 0 aliphatic carbocycles. The Bertz CT molecular complexity index is 6460. The second-order valence-corrected chi connectivity index (χ2v) is 24.8. The number of fused-ring (bicyclic) bond motifs is 14. The van der Waals surface area contributed by atoms with E-state index in [4.69, 9.17) is 33.8 Å². The van der Waals surface area contributed by atoms with Gasteiger partial charge in [0.05, 0.1) is 38.6 Å². The van der Waals surface area contributed by atoms with Gasteiger partial charge in [0.15, 0.2) is 34.9 Å². The number of hydrogen-bond acceptors (Lipinski definition) is 11. The van der Waals surface area contributed by atoms with Crippen molar-refractivity contribution >= 4 is 94.0 Å². The van der Waals surface area contributed by atoms with Crippen LogP contribution < -0.4 is 143 Å². The summed E-state index contributed by atoms with van der Waals surface area (Å²) in [6.45, 7) is -0.181. The molecule has 502 valence electrons. The molecule has 0 aliphatic heterocycles. The molecule has 0 spiro atoms. The van der Waals surface area contributed by atoms with Crippen molar-refractivity contribution in [2.45, 2.75) is 0 Å². The quantitative estimate of drug-likeness (QED) is 0.0784. The number of carbonyl (C=O) groups excluding carboxylic acids is 1. The number of nitrogens with zero attached hydrogens (tertiary/aromatic N) is 7. The average Bonchev–Trinajstić information content (AvgIpc) is 1.55. The van der Waals surface area contributed by atoms with Gasteiger partial charge in [0, 0.05) is 65.7 Å². The molecule has 0 amide bonds. The van der Waals surface area contributed by atoms with E-state index in [-0.39, 0.29) is 152 Å². The number of hydrogen-bond donors (Lipinski definition) is 1. The number of para-hydroxylation sites is 4. The molecule has 14 aromatic carbocycles. The first-order chi connectivity index (χ1) is 51.9. The minimum Gasteiger partial charge on any atom is -1.00 e. The number of benzene rings is 14. The Morgan fingerprint density at radius 2 is 0.710 bits per heavy atom. The molecule has 0 radical (unpaired) electrons.